The maximum Gasteiger partial charge on any atom is 0.223 e. The molecular formula is C14H19BrN2O2. The highest BCUT2D eigenvalue weighted by molar-refractivity contribution is 9.10. The number of benzene rings is 1. The van der Waals surface area contributed by atoms with Crippen molar-refractivity contribution in [2.24, 2.45) is 11.7 Å². The van der Waals surface area contributed by atoms with Gasteiger partial charge >= 0.3 is 0 Å². The number of carbonyl (C=O) groups is 1. The summed E-state index contributed by atoms with van der Waals surface area (Å²) < 4.78 is 6.46. The smallest absolute Gasteiger partial charge is 0.223 e. The summed E-state index contributed by atoms with van der Waals surface area (Å²) in [5.41, 5.74) is 5.91. The van der Waals surface area contributed by atoms with Gasteiger partial charge in [-0.2, -0.15) is 0 Å². The highest BCUT2D eigenvalue weighted by Gasteiger charge is 2.28. The molecule has 0 spiro atoms. The molecule has 1 saturated carbocycles. The summed E-state index contributed by atoms with van der Waals surface area (Å²) >= 11 is 3.37. The van der Waals surface area contributed by atoms with Gasteiger partial charge in [-0.25, -0.2) is 0 Å². The number of carbonyl (C=O) groups excluding carboxylic acids is 1. The molecule has 0 saturated heterocycles. The summed E-state index contributed by atoms with van der Waals surface area (Å²) in [4.78, 5) is 11.6. The van der Waals surface area contributed by atoms with Crippen LogP contribution in [0.25, 0.3) is 0 Å². The predicted molar refractivity (Wildman–Crippen MR) is 78.0 cm³/mol. The normalized spacial score (nSPS) is 15.9. The van der Waals surface area contributed by atoms with Gasteiger partial charge in [0.25, 0.3) is 0 Å². The lowest BCUT2D eigenvalue weighted by atomic mass is 10.2. The molecule has 3 N–H and O–H groups in total. The van der Waals surface area contributed by atoms with Crippen LogP contribution in [0.2, 0.25) is 0 Å². The molecular weight excluding hydrogens is 308 g/mol. The van der Waals surface area contributed by atoms with E-state index in [0.29, 0.717) is 25.5 Å². The average molecular weight is 327 g/mol. The Morgan fingerprint density at radius 2 is 2.32 bits per heavy atom. The van der Waals surface area contributed by atoms with Crippen molar-refractivity contribution < 1.29 is 9.53 Å². The molecule has 0 heterocycles. The van der Waals surface area contributed by atoms with Gasteiger partial charge in [0.15, 0.2) is 0 Å². The number of halogens is 1. The molecule has 1 unspecified atom stereocenters. The number of nitrogens with one attached hydrogen (secondary N) is 1. The molecule has 0 aliphatic heterocycles. The highest BCUT2D eigenvalue weighted by atomic mass is 79.9. The van der Waals surface area contributed by atoms with Gasteiger partial charge in [-0.1, -0.05) is 22.0 Å². The molecule has 1 aliphatic rings. The number of hydrogen-bond acceptors (Lipinski definition) is 3. The van der Waals surface area contributed by atoms with Gasteiger partial charge in [0.2, 0.25) is 5.91 Å². The van der Waals surface area contributed by atoms with Crippen molar-refractivity contribution in [3.8, 4) is 5.75 Å². The molecule has 1 atom stereocenters. The molecule has 4 nitrogen and oxygen atoms in total. The third kappa shape index (κ3) is 5.20. The van der Waals surface area contributed by atoms with E-state index in [9.17, 15) is 4.79 Å². The van der Waals surface area contributed by atoms with Crippen LogP contribution < -0.4 is 15.8 Å². The zero-order chi connectivity index (χ0) is 13.7. The summed E-state index contributed by atoms with van der Waals surface area (Å²) in [5, 5.41) is 2.85. The first-order chi connectivity index (χ1) is 9.15. The Labute approximate surface area is 121 Å². The van der Waals surface area contributed by atoms with E-state index in [1.54, 1.807) is 0 Å². The van der Waals surface area contributed by atoms with Crippen LogP contribution in [0.3, 0.4) is 0 Å². The molecule has 1 aromatic carbocycles. The first-order valence-electron chi connectivity index (χ1n) is 6.56. The summed E-state index contributed by atoms with van der Waals surface area (Å²) in [6.45, 7) is 0.946. The Kier molecular flexibility index (Phi) is 5.22. The molecule has 2 rings (SSSR count). The van der Waals surface area contributed by atoms with E-state index in [-0.39, 0.29) is 11.9 Å². The quantitative estimate of drug-likeness (QED) is 0.806. The van der Waals surface area contributed by atoms with Gasteiger partial charge in [0, 0.05) is 17.1 Å². The second-order valence-corrected chi connectivity index (χ2v) is 5.78. The van der Waals surface area contributed by atoms with E-state index in [4.69, 9.17) is 10.5 Å². The zero-order valence-corrected chi connectivity index (χ0v) is 12.4. The minimum absolute atomic E-state index is 0.00824. The Morgan fingerprint density at radius 1 is 1.53 bits per heavy atom. The largest absolute Gasteiger partial charge is 0.493 e. The van der Waals surface area contributed by atoms with Crippen molar-refractivity contribution in [3.05, 3.63) is 28.7 Å². The third-order valence-electron chi connectivity index (χ3n) is 3.16. The van der Waals surface area contributed by atoms with Gasteiger partial charge in [-0.05, 0) is 37.0 Å². The third-order valence-corrected chi connectivity index (χ3v) is 3.65. The Hall–Kier alpha value is -1.07. The summed E-state index contributed by atoms with van der Waals surface area (Å²) in [6, 6.07) is 7.68. The van der Waals surface area contributed by atoms with E-state index in [1.807, 2.05) is 24.3 Å². The molecule has 104 valence electrons. The van der Waals surface area contributed by atoms with Crippen molar-refractivity contribution in [2.45, 2.75) is 25.3 Å². The summed E-state index contributed by atoms with van der Waals surface area (Å²) in [5.74, 6) is 1.36. The van der Waals surface area contributed by atoms with Crippen LogP contribution in [0, 0.1) is 5.92 Å². The Bertz CT molecular complexity index is 435. The summed E-state index contributed by atoms with van der Waals surface area (Å²) in [6.07, 6.45) is 2.75. The average Bonchev–Trinajstić information content (AvgIpc) is 3.20. The minimum Gasteiger partial charge on any atom is -0.493 e. The van der Waals surface area contributed by atoms with E-state index < -0.39 is 0 Å². The van der Waals surface area contributed by atoms with Crippen LogP contribution in [0.5, 0.6) is 5.75 Å². The second kappa shape index (κ2) is 6.91. The SMILES string of the molecule is NC(CNC(=O)CCOc1cccc(Br)c1)C1CC1. The predicted octanol–water partition coefficient (Wildman–Crippen LogP) is 2.07. The molecule has 1 fully saturated rings. The fraction of sp³-hybridized carbons (Fsp3) is 0.500. The van der Waals surface area contributed by atoms with E-state index in [2.05, 4.69) is 21.2 Å². The maximum atomic E-state index is 11.6. The molecule has 1 amide bonds. The van der Waals surface area contributed by atoms with Crippen molar-refractivity contribution in [2.75, 3.05) is 13.2 Å². The van der Waals surface area contributed by atoms with E-state index in [1.165, 1.54) is 12.8 Å². The molecule has 0 aromatic heterocycles. The molecule has 1 aromatic rings. The maximum absolute atomic E-state index is 11.6. The zero-order valence-electron chi connectivity index (χ0n) is 10.8. The molecule has 5 heteroatoms. The van der Waals surface area contributed by atoms with Gasteiger partial charge in [0.1, 0.15) is 5.75 Å². The number of ether oxygens (including phenoxy) is 1. The van der Waals surface area contributed by atoms with E-state index in [0.717, 1.165) is 10.2 Å². The first-order valence-corrected chi connectivity index (χ1v) is 7.35. The fourth-order valence-electron chi connectivity index (χ4n) is 1.83. The van der Waals surface area contributed by atoms with Gasteiger partial charge in [0.05, 0.1) is 13.0 Å². The van der Waals surface area contributed by atoms with Gasteiger partial charge < -0.3 is 15.8 Å². The standard InChI is InChI=1S/C14H19BrN2O2/c15-11-2-1-3-12(8-11)19-7-6-14(18)17-9-13(16)10-4-5-10/h1-3,8,10,13H,4-7,9,16H2,(H,17,18). The molecule has 1 aliphatic carbocycles. The minimum atomic E-state index is -0.00824. The van der Waals surface area contributed by atoms with Crippen LogP contribution in [0.1, 0.15) is 19.3 Å². The second-order valence-electron chi connectivity index (χ2n) is 4.86. The Balaban J connectivity index is 1.60. The van der Waals surface area contributed by atoms with Crippen molar-refractivity contribution in [1.82, 2.24) is 5.32 Å². The van der Waals surface area contributed by atoms with Crippen molar-refractivity contribution >= 4 is 21.8 Å². The van der Waals surface area contributed by atoms with Crippen LogP contribution in [-0.4, -0.2) is 25.1 Å². The van der Waals surface area contributed by atoms with Crippen LogP contribution in [0.15, 0.2) is 28.7 Å². The van der Waals surface area contributed by atoms with E-state index >= 15 is 0 Å². The van der Waals surface area contributed by atoms with Crippen LogP contribution in [-0.2, 0) is 4.79 Å². The lowest BCUT2D eigenvalue weighted by Crippen LogP contribution is -2.38. The first kappa shape index (κ1) is 14.3. The summed E-state index contributed by atoms with van der Waals surface area (Å²) in [7, 11) is 0. The van der Waals surface area contributed by atoms with Gasteiger partial charge in [-0.3, -0.25) is 4.79 Å². The van der Waals surface area contributed by atoms with Crippen molar-refractivity contribution in [3.63, 3.8) is 0 Å². The molecule has 0 bridgehead atoms. The number of nitrogens with two attached hydrogens (primary N) is 1. The molecule has 19 heavy (non-hydrogen) atoms. The monoisotopic (exact) mass is 326 g/mol. The lowest BCUT2D eigenvalue weighted by molar-refractivity contribution is -0.121. The number of rotatable bonds is 7. The van der Waals surface area contributed by atoms with Crippen molar-refractivity contribution in [1.29, 1.82) is 0 Å². The fourth-order valence-corrected chi connectivity index (χ4v) is 2.21. The van der Waals surface area contributed by atoms with Gasteiger partial charge in [-0.15, -0.1) is 0 Å². The topological polar surface area (TPSA) is 64.3 Å². The molecule has 0 radical (unpaired) electrons. The van der Waals surface area contributed by atoms with Crippen LogP contribution in [0.4, 0.5) is 0 Å². The lowest BCUT2D eigenvalue weighted by Gasteiger charge is -2.12. The Morgan fingerprint density at radius 3 is 3.00 bits per heavy atom. The highest BCUT2D eigenvalue weighted by Crippen LogP contribution is 2.31. The number of amides is 1. The van der Waals surface area contributed by atoms with Crippen LogP contribution >= 0.6 is 15.9 Å². The number of hydrogen-bond donors (Lipinski definition) is 2.